The van der Waals surface area contributed by atoms with Gasteiger partial charge in [-0.1, -0.05) is 0 Å². The van der Waals surface area contributed by atoms with E-state index in [1.54, 1.807) is 30.3 Å². The number of rotatable bonds is 7. The fourth-order valence-corrected chi connectivity index (χ4v) is 2.80. The molecule has 2 aromatic carbocycles. The third-order valence-corrected chi connectivity index (χ3v) is 3.94. The van der Waals surface area contributed by atoms with Crippen LogP contribution in [0.25, 0.3) is 0 Å². The maximum Gasteiger partial charge on any atom is 0.387 e. The van der Waals surface area contributed by atoms with Crippen molar-refractivity contribution in [2.75, 3.05) is 32.1 Å². The molecular formula is C19H21F2N2O4+. The predicted octanol–water partition coefficient (Wildman–Crippen LogP) is 1.71. The van der Waals surface area contributed by atoms with Crippen molar-refractivity contribution >= 4 is 11.6 Å². The summed E-state index contributed by atoms with van der Waals surface area (Å²) in [6, 6.07) is 11.7. The highest BCUT2D eigenvalue weighted by Gasteiger charge is 2.15. The summed E-state index contributed by atoms with van der Waals surface area (Å²) < 4.78 is 39.6. The second kappa shape index (κ2) is 8.68. The number of hydrogen-bond acceptors (Lipinski definition) is 4. The van der Waals surface area contributed by atoms with Crippen LogP contribution in [-0.4, -0.2) is 39.3 Å². The molecule has 1 atom stereocenters. The first-order valence-electron chi connectivity index (χ1n) is 8.54. The van der Waals surface area contributed by atoms with E-state index in [0.29, 0.717) is 36.9 Å². The SMILES string of the molecule is C[NH+](CC(=O)Nc1ccc2c(c1)OCCO2)Cc1ccc(OC(F)F)cc1. The van der Waals surface area contributed by atoms with Crippen LogP contribution in [0, 0.1) is 0 Å². The van der Waals surface area contributed by atoms with Gasteiger partial charge in [-0.15, -0.1) is 0 Å². The summed E-state index contributed by atoms with van der Waals surface area (Å²) in [4.78, 5) is 13.2. The van der Waals surface area contributed by atoms with Crippen LogP contribution in [0.4, 0.5) is 14.5 Å². The summed E-state index contributed by atoms with van der Waals surface area (Å²) in [6.45, 7) is -1.01. The lowest BCUT2D eigenvalue weighted by Crippen LogP contribution is -3.08. The molecule has 27 heavy (non-hydrogen) atoms. The molecule has 144 valence electrons. The van der Waals surface area contributed by atoms with Gasteiger partial charge in [0.05, 0.1) is 7.05 Å². The van der Waals surface area contributed by atoms with E-state index in [4.69, 9.17) is 9.47 Å². The van der Waals surface area contributed by atoms with Crippen LogP contribution in [0.2, 0.25) is 0 Å². The van der Waals surface area contributed by atoms with Gasteiger partial charge >= 0.3 is 6.61 Å². The van der Waals surface area contributed by atoms with Crippen molar-refractivity contribution in [1.82, 2.24) is 0 Å². The number of ether oxygens (including phenoxy) is 3. The zero-order valence-electron chi connectivity index (χ0n) is 14.8. The minimum absolute atomic E-state index is 0.114. The smallest absolute Gasteiger partial charge is 0.387 e. The number of halogens is 2. The Morgan fingerprint density at radius 1 is 1.15 bits per heavy atom. The highest BCUT2D eigenvalue weighted by atomic mass is 19.3. The highest BCUT2D eigenvalue weighted by Crippen LogP contribution is 2.32. The fourth-order valence-electron chi connectivity index (χ4n) is 2.80. The van der Waals surface area contributed by atoms with Gasteiger partial charge in [-0.2, -0.15) is 8.78 Å². The first-order chi connectivity index (χ1) is 13.0. The zero-order valence-corrected chi connectivity index (χ0v) is 14.8. The number of hydrogen-bond donors (Lipinski definition) is 2. The number of quaternary nitrogens is 1. The van der Waals surface area contributed by atoms with Crippen LogP contribution in [0.15, 0.2) is 42.5 Å². The molecule has 8 heteroatoms. The number of carbonyl (C=O) groups is 1. The molecule has 0 saturated carbocycles. The summed E-state index contributed by atoms with van der Waals surface area (Å²) in [5.41, 5.74) is 1.56. The van der Waals surface area contributed by atoms with E-state index in [0.717, 1.165) is 10.5 Å². The maximum absolute atomic E-state index is 12.2. The number of anilines is 1. The zero-order chi connectivity index (χ0) is 19.2. The monoisotopic (exact) mass is 379 g/mol. The second-order valence-electron chi connectivity index (χ2n) is 6.24. The Hall–Kier alpha value is -2.87. The molecule has 3 rings (SSSR count). The molecule has 0 aliphatic carbocycles. The van der Waals surface area contributed by atoms with Gasteiger partial charge in [-0.05, 0) is 36.4 Å². The number of amides is 1. The fraction of sp³-hybridized carbons (Fsp3) is 0.316. The average molecular weight is 379 g/mol. The molecule has 1 heterocycles. The van der Waals surface area contributed by atoms with Crippen molar-refractivity contribution in [3.8, 4) is 17.2 Å². The molecule has 0 saturated heterocycles. The molecule has 2 aromatic rings. The second-order valence-corrected chi connectivity index (χ2v) is 6.24. The average Bonchev–Trinajstić information content (AvgIpc) is 2.62. The van der Waals surface area contributed by atoms with E-state index in [2.05, 4.69) is 10.1 Å². The molecule has 0 fully saturated rings. The van der Waals surface area contributed by atoms with Crippen LogP contribution in [0.5, 0.6) is 17.2 Å². The lowest BCUT2D eigenvalue weighted by Gasteiger charge is -2.19. The van der Waals surface area contributed by atoms with Crippen LogP contribution in [-0.2, 0) is 11.3 Å². The molecule has 1 unspecified atom stereocenters. The Labute approximate surface area is 155 Å². The number of alkyl halides is 2. The normalized spacial score (nSPS) is 13.9. The molecule has 1 aliphatic heterocycles. The number of benzene rings is 2. The van der Waals surface area contributed by atoms with Crippen molar-refractivity contribution in [3.05, 3.63) is 48.0 Å². The Bertz CT molecular complexity index is 784. The van der Waals surface area contributed by atoms with Crippen molar-refractivity contribution in [3.63, 3.8) is 0 Å². The maximum atomic E-state index is 12.2. The third kappa shape index (κ3) is 5.55. The van der Waals surface area contributed by atoms with Crippen molar-refractivity contribution in [2.45, 2.75) is 13.2 Å². The summed E-state index contributed by atoms with van der Waals surface area (Å²) >= 11 is 0. The van der Waals surface area contributed by atoms with Crippen molar-refractivity contribution in [1.29, 1.82) is 0 Å². The molecular weight excluding hydrogens is 358 g/mol. The van der Waals surface area contributed by atoms with Gasteiger partial charge in [-0.3, -0.25) is 4.79 Å². The van der Waals surface area contributed by atoms with E-state index >= 15 is 0 Å². The van der Waals surface area contributed by atoms with E-state index in [9.17, 15) is 13.6 Å². The number of carbonyl (C=O) groups excluding carboxylic acids is 1. The summed E-state index contributed by atoms with van der Waals surface area (Å²) in [6.07, 6.45) is 0. The Balaban J connectivity index is 1.50. The standard InChI is InChI=1S/C19H20F2N2O4/c1-23(11-13-2-5-15(6-3-13)27-19(20)21)12-18(24)22-14-4-7-16-17(10-14)26-9-8-25-16/h2-7,10,19H,8-9,11-12H2,1H3,(H,22,24)/p+1. The molecule has 0 bridgehead atoms. The van der Waals surface area contributed by atoms with Gasteiger partial charge in [0.25, 0.3) is 5.91 Å². The molecule has 1 amide bonds. The summed E-state index contributed by atoms with van der Waals surface area (Å²) in [5.74, 6) is 1.26. The van der Waals surface area contributed by atoms with Crippen molar-refractivity contribution in [2.24, 2.45) is 0 Å². The molecule has 0 spiro atoms. The van der Waals surface area contributed by atoms with Gasteiger partial charge in [-0.25, -0.2) is 0 Å². The Morgan fingerprint density at radius 3 is 2.56 bits per heavy atom. The lowest BCUT2D eigenvalue weighted by atomic mass is 10.2. The Morgan fingerprint density at radius 2 is 1.85 bits per heavy atom. The number of nitrogens with one attached hydrogen (secondary N) is 2. The topological polar surface area (TPSA) is 61.2 Å². The van der Waals surface area contributed by atoms with Gasteiger partial charge in [0, 0.05) is 17.3 Å². The lowest BCUT2D eigenvalue weighted by molar-refractivity contribution is -0.885. The number of fused-ring (bicyclic) bond motifs is 1. The van der Waals surface area contributed by atoms with Gasteiger partial charge in [0.15, 0.2) is 18.0 Å². The van der Waals surface area contributed by atoms with E-state index in [1.807, 2.05) is 7.05 Å². The van der Waals surface area contributed by atoms with Crippen LogP contribution in [0.1, 0.15) is 5.56 Å². The highest BCUT2D eigenvalue weighted by molar-refractivity contribution is 5.91. The molecule has 0 aromatic heterocycles. The third-order valence-electron chi connectivity index (χ3n) is 3.94. The van der Waals surface area contributed by atoms with Crippen LogP contribution < -0.4 is 24.4 Å². The first-order valence-corrected chi connectivity index (χ1v) is 8.54. The predicted molar refractivity (Wildman–Crippen MR) is 94.6 cm³/mol. The van der Waals surface area contributed by atoms with E-state index < -0.39 is 6.61 Å². The summed E-state index contributed by atoms with van der Waals surface area (Å²) in [7, 11) is 1.88. The van der Waals surface area contributed by atoms with Crippen molar-refractivity contribution < 1.29 is 32.7 Å². The minimum atomic E-state index is -2.84. The minimum Gasteiger partial charge on any atom is -0.486 e. The first kappa shape index (κ1) is 18.9. The molecule has 6 nitrogen and oxygen atoms in total. The van der Waals surface area contributed by atoms with E-state index in [1.165, 1.54) is 12.1 Å². The quantitative estimate of drug-likeness (QED) is 0.769. The Kier molecular flexibility index (Phi) is 6.08. The molecule has 1 aliphatic rings. The molecule has 0 radical (unpaired) electrons. The van der Waals surface area contributed by atoms with E-state index in [-0.39, 0.29) is 18.2 Å². The largest absolute Gasteiger partial charge is 0.486 e. The number of likely N-dealkylation sites (N-methyl/N-ethyl adjacent to an activating group) is 1. The molecule has 2 N–H and O–H groups in total. The van der Waals surface area contributed by atoms with Crippen LogP contribution in [0.3, 0.4) is 0 Å². The van der Waals surface area contributed by atoms with Gasteiger partial charge < -0.3 is 24.4 Å². The van der Waals surface area contributed by atoms with Crippen LogP contribution >= 0.6 is 0 Å². The van der Waals surface area contributed by atoms with Gasteiger partial charge in [0.1, 0.15) is 25.5 Å². The van der Waals surface area contributed by atoms with Gasteiger partial charge in [0.2, 0.25) is 0 Å². The summed E-state index contributed by atoms with van der Waals surface area (Å²) in [5, 5.41) is 2.84.